The number of aromatic amines is 1. The van der Waals surface area contributed by atoms with E-state index in [1.165, 1.54) is 25.5 Å². The van der Waals surface area contributed by atoms with Gasteiger partial charge in [0.15, 0.2) is 11.5 Å². The van der Waals surface area contributed by atoms with E-state index in [-0.39, 0.29) is 6.04 Å². The molecule has 2 fully saturated rings. The van der Waals surface area contributed by atoms with Crippen molar-refractivity contribution >= 4 is 44.3 Å². The largest absolute Gasteiger partial charge is 0.494 e. The van der Waals surface area contributed by atoms with Crippen LogP contribution in [0.15, 0.2) is 24.5 Å². The van der Waals surface area contributed by atoms with Crippen LogP contribution in [0.2, 0.25) is 0 Å². The summed E-state index contributed by atoms with van der Waals surface area (Å²) in [5.41, 5.74) is 3.20. The number of nitrogens with zero attached hydrogens (tertiary/aromatic N) is 4. The zero-order valence-corrected chi connectivity index (χ0v) is 21.6. The van der Waals surface area contributed by atoms with Gasteiger partial charge in [-0.25, -0.2) is 18.1 Å². The fourth-order valence-electron chi connectivity index (χ4n) is 5.09. The molecule has 0 bridgehead atoms. The first kappa shape index (κ1) is 24.6. The average Bonchev–Trinajstić information content (AvgIpc) is 3.34. The van der Waals surface area contributed by atoms with Gasteiger partial charge in [-0.05, 0) is 37.8 Å². The number of aromatic nitrogens is 4. The predicted molar refractivity (Wildman–Crippen MR) is 142 cm³/mol. The van der Waals surface area contributed by atoms with E-state index in [1.807, 2.05) is 18.2 Å². The van der Waals surface area contributed by atoms with Crippen molar-refractivity contribution in [3.05, 3.63) is 24.5 Å². The zero-order chi connectivity index (χ0) is 25.1. The fraction of sp³-hybridized carbons (Fsp3) is 0.542. The first-order chi connectivity index (χ1) is 17.4. The highest BCUT2D eigenvalue weighted by Crippen LogP contribution is 2.33. The molecule has 12 heteroatoms. The van der Waals surface area contributed by atoms with Gasteiger partial charge in [-0.3, -0.25) is 0 Å². The monoisotopic (exact) mass is 514 g/mol. The van der Waals surface area contributed by atoms with Crippen LogP contribution in [0.5, 0.6) is 5.75 Å². The number of hydrogen-bond acceptors (Lipinski definition) is 9. The van der Waals surface area contributed by atoms with Crippen LogP contribution in [0.4, 0.5) is 23.1 Å². The van der Waals surface area contributed by atoms with Gasteiger partial charge in [-0.2, -0.15) is 9.97 Å². The number of H-pyrrole nitrogens is 1. The lowest BCUT2D eigenvalue weighted by atomic mass is 9.95. The van der Waals surface area contributed by atoms with Crippen molar-refractivity contribution in [2.45, 2.75) is 57.0 Å². The summed E-state index contributed by atoms with van der Waals surface area (Å²) in [5.74, 6) is 1.87. The van der Waals surface area contributed by atoms with Gasteiger partial charge < -0.3 is 25.3 Å². The second-order valence-corrected chi connectivity index (χ2v) is 11.4. The molecule has 0 unspecified atom stereocenters. The lowest BCUT2D eigenvalue weighted by Gasteiger charge is -2.33. The molecular formula is C24H34N8O3S. The quantitative estimate of drug-likeness (QED) is 0.356. The van der Waals surface area contributed by atoms with Crippen LogP contribution >= 0.6 is 0 Å². The predicted octanol–water partition coefficient (Wildman–Crippen LogP) is 3.37. The van der Waals surface area contributed by atoms with Crippen molar-refractivity contribution in [3.8, 4) is 5.75 Å². The molecule has 0 amide bonds. The lowest BCUT2D eigenvalue weighted by Crippen LogP contribution is -2.44. The molecule has 4 N–H and O–H groups in total. The van der Waals surface area contributed by atoms with Gasteiger partial charge in [-0.1, -0.05) is 19.3 Å². The summed E-state index contributed by atoms with van der Waals surface area (Å²) < 4.78 is 31.5. The molecule has 1 aromatic carbocycles. The van der Waals surface area contributed by atoms with Crippen LogP contribution in [-0.2, 0) is 10.0 Å². The van der Waals surface area contributed by atoms with Crippen molar-refractivity contribution in [2.24, 2.45) is 0 Å². The van der Waals surface area contributed by atoms with Gasteiger partial charge in [0.1, 0.15) is 11.3 Å². The minimum absolute atomic E-state index is 0.0231. The Labute approximate surface area is 211 Å². The number of benzene rings is 1. The summed E-state index contributed by atoms with van der Waals surface area (Å²) in [5, 5.41) is 6.90. The molecule has 0 radical (unpaired) electrons. The molecular weight excluding hydrogens is 480 g/mol. The van der Waals surface area contributed by atoms with E-state index < -0.39 is 10.0 Å². The summed E-state index contributed by atoms with van der Waals surface area (Å²) >= 11 is 0. The molecule has 5 rings (SSSR count). The number of methoxy groups -OCH3 is 1. The molecule has 194 valence electrons. The molecule has 1 saturated carbocycles. The fourth-order valence-corrected chi connectivity index (χ4v) is 5.93. The highest BCUT2D eigenvalue weighted by Gasteiger charge is 2.23. The molecule has 3 heterocycles. The third-order valence-electron chi connectivity index (χ3n) is 6.90. The Kier molecular flexibility index (Phi) is 7.15. The van der Waals surface area contributed by atoms with E-state index in [2.05, 4.69) is 35.2 Å². The number of imidazole rings is 1. The molecule has 1 aliphatic carbocycles. The van der Waals surface area contributed by atoms with Crippen LogP contribution in [0.3, 0.4) is 0 Å². The molecule has 1 aliphatic heterocycles. The molecule has 1 saturated heterocycles. The summed E-state index contributed by atoms with van der Waals surface area (Å²) in [6.07, 6.45) is 10.4. The van der Waals surface area contributed by atoms with Gasteiger partial charge in [-0.15, -0.1) is 0 Å². The van der Waals surface area contributed by atoms with Gasteiger partial charge in [0.05, 0.1) is 25.4 Å². The second kappa shape index (κ2) is 10.5. The standard InChI is InChI=1S/C24H34N8O3S/c1-35-20-14-18(32-12-10-17(11-13-32)31-36(2,33)34)8-9-19(20)28-24-29-22-21(25-15-26-22)23(30-24)27-16-6-4-3-5-7-16/h8-9,14-17,31H,3-7,10-13H2,1-2H3,(H3,25,26,27,28,29,30). The molecule has 2 aromatic heterocycles. The van der Waals surface area contributed by atoms with Crippen LogP contribution < -0.4 is 25.0 Å². The van der Waals surface area contributed by atoms with Crippen molar-refractivity contribution in [1.29, 1.82) is 0 Å². The number of sulfonamides is 1. The highest BCUT2D eigenvalue weighted by molar-refractivity contribution is 7.88. The molecule has 36 heavy (non-hydrogen) atoms. The van der Waals surface area contributed by atoms with Gasteiger partial charge in [0, 0.05) is 36.9 Å². The van der Waals surface area contributed by atoms with Crippen molar-refractivity contribution in [2.75, 3.05) is 42.0 Å². The SMILES string of the molecule is COc1cc(N2CCC(NS(C)(=O)=O)CC2)ccc1Nc1nc(NC2CCCCC2)c2nc[nH]c2n1. The smallest absolute Gasteiger partial charge is 0.231 e. The molecule has 3 aromatic rings. The van der Waals surface area contributed by atoms with Crippen LogP contribution in [0.1, 0.15) is 44.9 Å². The van der Waals surface area contributed by atoms with E-state index in [4.69, 9.17) is 9.72 Å². The first-order valence-corrected chi connectivity index (χ1v) is 14.4. The Morgan fingerprint density at radius 1 is 1.06 bits per heavy atom. The Morgan fingerprint density at radius 3 is 2.56 bits per heavy atom. The van der Waals surface area contributed by atoms with E-state index in [9.17, 15) is 8.42 Å². The van der Waals surface area contributed by atoms with Crippen LogP contribution in [-0.4, -0.2) is 66.9 Å². The molecule has 0 spiro atoms. The average molecular weight is 515 g/mol. The third kappa shape index (κ3) is 5.81. The Balaban J connectivity index is 1.31. The van der Waals surface area contributed by atoms with E-state index in [0.29, 0.717) is 23.4 Å². The molecule has 11 nitrogen and oxygen atoms in total. The van der Waals surface area contributed by atoms with E-state index >= 15 is 0 Å². The Morgan fingerprint density at radius 2 is 1.83 bits per heavy atom. The maximum atomic E-state index is 11.5. The molecule has 2 aliphatic rings. The third-order valence-corrected chi connectivity index (χ3v) is 7.66. The number of rotatable bonds is 8. The topological polar surface area (TPSA) is 137 Å². The summed E-state index contributed by atoms with van der Waals surface area (Å²) in [6, 6.07) is 6.36. The summed E-state index contributed by atoms with van der Waals surface area (Å²) in [6.45, 7) is 1.53. The number of fused-ring (bicyclic) bond motifs is 1. The highest BCUT2D eigenvalue weighted by atomic mass is 32.2. The second-order valence-electron chi connectivity index (χ2n) is 9.64. The minimum atomic E-state index is -3.19. The van der Waals surface area contributed by atoms with E-state index in [0.717, 1.165) is 61.5 Å². The number of ether oxygens (including phenoxy) is 1. The number of piperidine rings is 1. The van der Waals surface area contributed by atoms with E-state index in [1.54, 1.807) is 13.4 Å². The van der Waals surface area contributed by atoms with Crippen molar-refractivity contribution in [3.63, 3.8) is 0 Å². The maximum Gasteiger partial charge on any atom is 0.231 e. The van der Waals surface area contributed by atoms with Gasteiger partial charge in [0.25, 0.3) is 0 Å². The summed E-state index contributed by atoms with van der Waals surface area (Å²) in [7, 11) is -1.55. The van der Waals surface area contributed by atoms with Gasteiger partial charge in [0.2, 0.25) is 16.0 Å². The zero-order valence-electron chi connectivity index (χ0n) is 20.7. The van der Waals surface area contributed by atoms with Crippen LogP contribution in [0, 0.1) is 0 Å². The maximum absolute atomic E-state index is 11.5. The molecule has 0 atom stereocenters. The summed E-state index contributed by atoms with van der Waals surface area (Å²) in [4.78, 5) is 19.1. The van der Waals surface area contributed by atoms with Crippen LogP contribution in [0.25, 0.3) is 11.2 Å². The van der Waals surface area contributed by atoms with Crippen molar-refractivity contribution in [1.82, 2.24) is 24.7 Å². The van der Waals surface area contributed by atoms with Crippen molar-refractivity contribution < 1.29 is 13.2 Å². The number of hydrogen-bond donors (Lipinski definition) is 4. The number of anilines is 4. The Bertz CT molecular complexity index is 1300. The Hall–Kier alpha value is -3.12. The number of nitrogens with one attached hydrogen (secondary N) is 4. The van der Waals surface area contributed by atoms with Gasteiger partial charge >= 0.3 is 0 Å². The lowest BCUT2D eigenvalue weighted by molar-refractivity contribution is 0.416. The minimum Gasteiger partial charge on any atom is -0.494 e. The normalized spacial score (nSPS) is 17.9. The first-order valence-electron chi connectivity index (χ1n) is 12.5.